The van der Waals surface area contributed by atoms with E-state index in [9.17, 15) is 9.59 Å². The van der Waals surface area contributed by atoms with Crippen LogP contribution < -0.4 is 10.6 Å². The van der Waals surface area contributed by atoms with Gasteiger partial charge < -0.3 is 15.7 Å². The summed E-state index contributed by atoms with van der Waals surface area (Å²) < 4.78 is 0. The van der Waals surface area contributed by atoms with Crippen LogP contribution in [0.3, 0.4) is 0 Å². The van der Waals surface area contributed by atoms with Crippen LogP contribution in [-0.4, -0.2) is 29.7 Å². The van der Waals surface area contributed by atoms with Crippen LogP contribution in [0.5, 0.6) is 0 Å². The Balaban J connectivity index is 2.38. The number of terminal acetylenes is 1. The van der Waals surface area contributed by atoms with Gasteiger partial charge in [0.1, 0.15) is 0 Å². The number of carbonyl (C=O) groups is 2. The van der Waals surface area contributed by atoms with Gasteiger partial charge in [0, 0.05) is 6.54 Å². The Labute approximate surface area is 114 Å². The van der Waals surface area contributed by atoms with E-state index in [0.717, 1.165) is 12.8 Å². The Morgan fingerprint density at radius 3 is 2.63 bits per heavy atom. The number of hydrogen-bond acceptors (Lipinski definition) is 2. The number of carboxylic acid groups (broad SMARTS) is 1. The van der Waals surface area contributed by atoms with Gasteiger partial charge in [0.2, 0.25) is 0 Å². The lowest BCUT2D eigenvalue weighted by molar-refractivity contribution is -0.142. The number of rotatable bonds is 5. The summed E-state index contributed by atoms with van der Waals surface area (Å²) in [5, 5.41) is 14.5. The first kappa shape index (κ1) is 15.4. The van der Waals surface area contributed by atoms with Crippen LogP contribution in [0.25, 0.3) is 0 Å². The van der Waals surface area contributed by atoms with E-state index in [2.05, 4.69) is 16.6 Å². The Kier molecular flexibility index (Phi) is 5.68. The summed E-state index contributed by atoms with van der Waals surface area (Å²) in [6, 6.07) is -0.633. The molecule has 0 saturated heterocycles. The molecule has 1 saturated carbocycles. The van der Waals surface area contributed by atoms with E-state index >= 15 is 0 Å². The molecule has 0 aromatic rings. The molecule has 0 aromatic heterocycles. The minimum absolute atomic E-state index is 0.0200. The van der Waals surface area contributed by atoms with Gasteiger partial charge in [-0.05, 0) is 24.7 Å². The van der Waals surface area contributed by atoms with Gasteiger partial charge >= 0.3 is 12.0 Å². The average Bonchev–Trinajstić information content (AvgIpc) is 2.81. The summed E-state index contributed by atoms with van der Waals surface area (Å²) in [6.45, 7) is 4.25. The largest absolute Gasteiger partial charge is 0.481 e. The summed E-state index contributed by atoms with van der Waals surface area (Å²) in [5.74, 6) is 1.59. The minimum atomic E-state index is -0.770. The predicted molar refractivity (Wildman–Crippen MR) is 72.5 cm³/mol. The summed E-state index contributed by atoms with van der Waals surface area (Å²) in [7, 11) is 0. The smallest absolute Gasteiger partial charge is 0.315 e. The second-order valence-corrected chi connectivity index (χ2v) is 5.38. The zero-order valence-corrected chi connectivity index (χ0v) is 11.5. The third-order valence-electron chi connectivity index (χ3n) is 3.63. The lowest BCUT2D eigenvalue weighted by Gasteiger charge is -2.20. The van der Waals surface area contributed by atoms with Crippen molar-refractivity contribution in [2.45, 2.75) is 39.2 Å². The molecule has 2 amide bonds. The normalized spacial score (nSPS) is 23.7. The van der Waals surface area contributed by atoms with Gasteiger partial charge in [0.15, 0.2) is 0 Å². The first-order valence-electron chi connectivity index (χ1n) is 6.69. The van der Waals surface area contributed by atoms with E-state index in [1.54, 1.807) is 0 Å². The van der Waals surface area contributed by atoms with E-state index in [1.165, 1.54) is 0 Å². The second-order valence-electron chi connectivity index (χ2n) is 5.38. The Hall–Kier alpha value is -1.70. The Morgan fingerprint density at radius 2 is 2.11 bits per heavy atom. The minimum Gasteiger partial charge on any atom is -0.481 e. The van der Waals surface area contributed by atoms with Gasteiger partial charge in [-0.1, -0.05) is 26.2 Å². The topological polar surface area (TPSA) is 78.4 Å². The standard InChI is InChI=1S/C14H22N2O3/c1-4-12(9(2)3)16-14(19)15-8-10-6-5-7-11(10)13(17)18/h1,9-12H,5-8H2,2-3H3,(H,17,18)(H2,15,16,19). The van der Waals surface area contributed by atoms with Gasteiger partial charge in [-0.15, -0.1) is 6.42 Å². The van der Waals surface area contributed by atoms with E-state index in [0.29, 0.717) is 13.0 Å². The van der Waals surface area contributed by atoms with E-state index in [4.69, 9.17) is 11.5 Å². The molecule has 0 aromatic carbocycles. The number of aliphatic carboxylic acids is 1. The summed E-state index contributed by atoms with van der Waals surface area (Å²) in [6.07, 6.45) is 7.78. The fourth-order valence-electron chi connectivity index (χ4n) is 2.42. The molecule has 3 N–H and O–H groups in total. The van der Waals surface area contributed by atoms with E-state index < -0.39 is 5.97 Å². The monoisotopic (exact) mass is 266 g/mol. The molecule has 0 heterocycles. The molecule has 5 nitrogen and oxygen atoms in total. The van der Waals surface area contributed by atoms with Crippen molar-refractivity contribution in [2.24, 2.45) is 17.8 Å². The molecule has 3 unspecified atom stereocenters. The van der Waals surface area contributed by atoms with Crippen LogP contribution in [0.4, 0.5) is 4.79 Å². The average molecular weight is 266 g/mol. The first-order chi connectivity index (χ1) is 8.95. The maximum atomic E-state index is 11.7. The molecule has 106 valence electrons. The molecular weight excluding hydrogens is 244 g/mol. The molecule has 1 fully saturated rings. The van der Waals surface area contributed by atoms with Crippen LogP contribution in [0.1, 0.15) is 33.1 Å². The molecule has 0 aliphatic heterocycles. The van der Waals surface area contributed by atoms with E-state index in [-0.39, 0.29) is 29.8 Å². The third-order valence-corrected chi connectivity index (χ3v) is 3.63. The Bertz CT molecular complexity index is 373. The van der Waals surface area contributed by atoms with Crippen molar-refractivity contribution in [3.63, 3.8) is 0 Å². The number of carbonyl (C=O) groups excluding carboxylic acids is 1. The highest BCUT2D eigenvalue weighted by atomic mass is 16.4. The van der Waals surface area contributed by atoms with Crippen molar-refractivity contribution in [3.05, 3.63) is 0 Å². The van der Waals surface area contributed by atoms with Crippen LogP contribution in [0.2, 0.25) is 0 Å². The van der Waals surface area contributed by atoms with Crippen molar-refractivity contribution in [1.29, 1.82) is 0 Å². The molecule has 19 heavy (non-hydrogen) atoms. The second kappa shape index (κ2) is 7.03. The SMILES string of the molecule is C#CC(NC(=O)NCC1CCCC1C(=O)O)C(C)C. The first-order valence-corrected chi connectivity index (χ1v) is 6.69. The summed E-state index contributed by atoms with van der Waals surface area (Å²) in [4.78, 5) is 22.7. The van der Waals surface area contributed by atoms with Crippen LogP contribution in [0, 0.1) is 30.1 Å². The van der Waals surface area contributed by atoms with Crippen molar-refractivity contribution in [2.75, 3.05) is 6.54 Å². The summed E-state index contributed by atoms with van der Waals surface area (Å²) >= 11 is 0. The van der Waals surface area contributed by atoms with Gasteiger partial charge in [-0.3, -0.25) is 4.79 Å². The van der Waals surface area contributed by atoms with Crippen molar-refractivity contribution >= 4 is 12.0 Å². The quantitative estimate of drug-likeness (QED) is 0.659. The Morgan fingerprint density at radius 1 is 1.42 bits per heavy atom. The van der Waals surface area contributed by atoms with Gasteiger partial charge in [-0.2, -0.15) is 0 Å². The fourth-order valence-corrected chi connectivity index (χ4v) is 2.42. The van der Waals surface area contributed by atoms with Crippen molar-refractivity contribution in [3.8, 4) is 12.3 Å². The van der Waals surface area contributed by atoms with Crippen LogP contribution in [0.15, 0.2) is 0 Å². The third kappa shape index (κ3) is 4.47. The number of hydrogen-bond donors (Lipinski definition) is 3. The van der Waals surface area contributed by atoms with Gasteiger partial charge in [0.05, 0.1) is 12.0 Å². The van der Waals surface area contributed by atoms with Crippen LogP contribution >= 0.6 is 0 Å². The van der Waals surface area contributed by atoms with Gasteiger partial charge in [0.25, 0.3) is 0 Å². The number of carboxylic acids is 1. The molecule has 5 heteroatoms. The maximum Gasteiger partial charge on any atom is 0.315 e. The molecule has 0 spiro atoms. The predicted octanol–water partition coefficient (Wildman–Crippen LogP) is 1.44. The van der Waals surface area contributed by atoms with Crippen molar-refractivity contribution in [1.82, 2.24) is 10.6 Å². The zero-order chi connectivity index (χ0) is 14.4. The number of nitrogens with one attached hydrogen (secondary N) is 2. The molecule has 1 rings (SSSR count). The van der Waals surface area contributed by atoms with Gasteiger partial charge in [-0.25, -0.2) is 4.79 Å². The highest BCUT2D eigenvalue weighted by Crippen LogP contribution is 2.31. The molecule has 1 aliphatic rings. The summed E-state index contributed by atoms with van der Waals surface area (Å²) in [5.41, 5.74) is 0. The number of urea groups is 1. The fraction of sp³-hybridized carbons (Fsp3) is 0.714. The molecule has 3 atom stereocenters. The lowest BCUT2D eigenvalue weighted by atomic mass is 9.96. The molecular formula is C14H22N2O3. The molecule has 1 aliphatic carbocycles. The maximum absolute atomic E-state index is 11.7. The van der Waals surface area contributed by atoms with Crippen molar-refractivity contribution < 1.29 is 14.7 Å². The highest BCUT2D eigenvalue weighted by molar-refractivity contribution is 5.75. The zero-order valence-electron chi connectivity index (χ0n) is 11.5. The highest BCUT2D eigenvalue weighted by Gasteiger charge is 2.32. The number of amides is 2. The van der Waals surface area contributed by atoms with E-state index in [1.807, 2.05) is 13.8 Å². The molecule has 0 bridgehead atoms. The lowest BCUT2D eigenvalue weighted by Crippen LogP contribution is -2.45. The van der Waals surface area contributed by atoms with Crippen LogP contribution in [-0.2, 0) is 4.79 Å². The molecule has 0 radical (unpaired) electrons.